The van der Waals surface area contributed by atoms with Gasteiger partial charge in [-0.3, -0.25) is 4.79 Å². The number of benzene rings is 2. The van der Waals surface area contributed by atoms with Crippen LogP contribution in [0.3, 0.4) is 0 Å². The molecule has 2 rings (SSSR count). The van der Waals surface area contributed by atoms with E-state index in [1.807, 2.05) is 18.2 Å². The van der Waals surface area contributed by atoms with Gasteiger partial charge in [-0.05, 0) is 36.2 Å². The molecule has 0 fully saturated rings. The maximum Gasteiger partial charge on any atom is 0.253 e. The van der Waals surface area contributed by atoms with E-state index in [1.54, 1.807) is 32.2 Å². The summed E-state index contributed by atoms with van der Waals surface area (Å²) in [6, 6.07) is 11.8. The van der Waals surface area contributed by atoms with Gasteiger partial charge < -0.3 is 4.90 Å². The van der Waals surface area contributed by atoms with Gasteiger partial charge in [-0.1, -0.05) is 35.9 Å². The Morgan fingerprint density at radius 3 is 2.60 bits per heavy atom. The number of aryl methyl sites for hydroxylation is 1. The van der Waals surface area contributed by atoms with Crippen LogP contribution in [0, 0.1) is 12.7 Å². The first-order valence-corrected chi connectivity index (χ1v) is 6.62. The monoisotopic (exact) mass is 291 g/mol. The third-order valence-corrected chi connectivity index (χ3v) is 3.50. The maximum atomic E-state index is 13.5. The van der Waals surface area contributed by atoms with Gasteiger partial charge in [0.15, 0.2) is 0 Å². The summed E-state index contributed by atoms with van der Waals surface area (Å²) in [4.78, 5) is 13.8. The quantitative estimate of drug-likeness (QED) is 0.835. The van der Waals surface area contributed by atoms with E-state index in [-0.39, 0.29) is 11.7 Å². The molecule has 0 aliphatic rings. The molecule has 4 heteroatoms. The Labute approximate surface area is 122 Å². The highest BCUT2D eigenvalue weighted by molar-refractivity contribution is 6.31. The van der Waals surface area contributed by atoms with Crippen molar-refractivity contribution in [1.29, 1.82) is 0 Å². The zero-order chi connectivity index (χ0) is 14.7. The summed E-state index contributed by atoms with van der Waals surface area (Å²) in [5.41, 5.74) is 1.72. The zero-order valence-electron chi connectivity index (χ0n) is 11.4. The summed E-state index contributed by atoms with van der Waals surface area (Å²) in [5.74, 6) is -0.606. The van der Waals surface area contributed by atoms with Gasteiger partial charge in [0.05, 0.1) is 0 Å². The average molecular weight is 292 g/mol. The molecule has 0 N–H and O–H groups in total. The van der Waals surface area contributed by atoms with Crippen molar-refractivity contribution < 1.29 is 9.18 Å². The Balaban J connectivity index is 2.16. The number of carbonyl (C=O) groups excluding carboxylic acids is 1. The number of hydrogen-bond donors (Lipinski definition) is 0. The van der Waals surface area contributed by atoms with E-state index < -0.39 is 0 Å². The highest BCUT2D eigenvalue weighted by Crippen LogP contribution is 2.18. The molecule has 20 heavy (non-hydrogen) atoms. The second kappa shape index (κ2) is 6.06. The second-order valence-corrected chi connectivity index (χ2v) is 5.12. The SMILES string of the molecule is Cc1ccc(C(=O)N(C)Cc2ccccc2Cl)cc1F. The lowest BCUT2D eigenvalue weighted by atomic mass is 10.1. The minimum atomic E-state index is -0.373. The summed E-state index contributed by atoms with van der Waals surface area (Å²) in [7, 11) is 1.67. The topological polar surface area (TPSA) is 20.3 Å². The lowest BCUT2D eigenvalue weighted by Crippen LogP contribution is -2.26. The summed E-state index contributed by atoms with van der Waals surface area (Å²) in [6.45, 7) is 2.05. The molecule has 0 saturated carbocycles. The highest BCUT2D eigenvalue weighted by atomic mass is 35.5. The third-order valence-electron chi connectivity index (χ3n) is 3.13. The Bertz CT molecular complexity index is 642. The molecule has 0 heterocycles. The lowest BCUT2D eigenvalue weighted by molar-refractivity contribution is 0.0784. The van der Waals surface area contributed by atoms with E-state index in [0.29, 0.717) is 22.7 Å². The van der Waals surface area contributed by atoms with Crippen LogP contribution in [0.5, 0.6) is 0 Å². The van der Waals surface area contributed by atoms with E-state index in [4.69, 9.17) is 11.6 Å². The van der Waals surface area contributed by atoms with E-state index in [0.717, 1.165) is 5.56 Å². The first-order valence-electron chi connectivity index (χ1n) is 6.24. The first-order chi connectivity index (χ1) is 9.49. The van der Waals surface area contributed by atoms with Crippen LogP contribution in [0.2, 0.25) is 5.02 Å². The molecule has 1 amide bonds. The fourth-order valence-electron chi connectivity index (χ4n) is 1.90. The van der Waals surface area contributed by atoms with Crippen LogP contribution in [0.25, 0.3) is 0 Å². The van der Waals surface area contributed by atoms with Crippen molar-refractivity contribution in [1.82, 2.24) is 4.90 Å². The van der Waals surface area contributed by atoms with Gasteiger partial charge in [0, 0.05) is 24.2 Å². The van der Waals surface area contributed by atoms with Crippen LogP contribution in [0.1, 0.15) is 21.5 Å². The van der Waals surface area contributed by atoms with Crippen molar-refractivity contribution in [3.8, 4) is 0 Å². The number of halogens is 2. The molecule has 2 aromatic carbocycles. The molecule has 0 atom stereocenters. The van der Waals surface area contributed by atoms with Gasteiger partial charge in [0.25, 0.3) is 5.91 Å². The summed E-state index contributed by atoms with van der Waals surface area (Å²) in [6.07, 6.45) is 0. The van der Waals surface area contributed by atoms with Crippen molar-refractivity contribution >= 4 is 17.5 Å². The van der Waals surface area contributed by atoms with Gasteiger partial charge >= 0.3 is 0 Å². The smallest absolute Gasteiger partial charge is 0.253 e. The Kier molecular flexibility index (Phi) is 4.40. The van der Waals surface area contributed by atoms with Crippen LogP contribution >= 0.6 is 11.6 Å². The molecule has 2 nitrogen and oxygen atoms in total. The Hall–Kier alpha value is -1.87. The molecule has 0 spiro atoms. The number of nitrogens with zero attached hydrogens (tertiary/aromatic N) is 1. The molecule has 0 aliphatic carbocycles. The zero-order valence-corrected chi connectivity index (χ0v) is 12.1. The average Bonchev–Trinajstić information content (AvgIpc) is 2.43. The number of amides is 1. The molecular weight excluding hydrogens is 277 g/mol. The van der Waals surface area contributed by atoms with Crippen LogP contribution in [0.15, 0.2) is 42.5 Å². The largest absolute Gasteiger partial charge is 0.337 e. The molecule has 104 valence electrons. The van der Waals surface area contributed by atoms with E-state index in [1.165, 1.54) is 11.0 Å². The van der Waals surface area contributed by atoms with Crippen molar-refractivity contribution in [3.05, 3.63) is 70.0 Å². The predicted octanol–water partition coefficient (Wildman–Crippen LogP) is 4.06. The molecule has 0 radical (unpaired) electrons. The van der Waals surface area contributed by atoms with Crippen LogP contribution in [0.4, 0.5) is 4.39 Å². The fraction of sp³-hybridized carbons (Fsp3) is 0.188. The van der Waals surface area contributed by atoms with Gasteiger partial charge in [-0.2, -0.15) is 0 Å². The molecule has 0 aliphatic heterocycles. The number of carbonyl (C=O) groups is 1. The Morgan fingerprint density at radius 1 is 1.25 bits per heavy atom. The number of rotatable bonds is 3. The van der Waals surface area contributed by atoms with E-state index in [2.05, 4.69) is 0 Å². The Morgan fingerprint density at radius 2 is 1.95 bits per heavy atom. The van der Waals surface area contributed by atoms with Crippen LogP contribution in [-0.2, 0) is 6.54 Å². The molecule has 0 aromatic heterocycles. The van der Waals surface area contributed by atoms with Crippen LogP contribution in [-0.4, -0.2) is 17.9 Å². The van der Waals surface area contributed by atoms with E-state index in [9.17, 15) is 9.18 Å². The van der Waals surface area contributed by atoms with Gasteiger partial charge in [-0.25, -0.2) is 4.39 Å². The standard InChI is InChI=1S/C16H15ClFNO/c1-11-7-8-12(9-15(11)18)16(20)19(2)10-13-5-3-4-6-14(13)17/h3-9H,10H2,1-2H3. The van der Waals surface area contributed by atoms with Gasteiger partial charge in [-0.15, -0.1) is 0 Å². The predicted molar refractivity (Wildman–Crippen MR) is 78.4 cm³/mol. The lowest BCUT2D eigenvalue weighted by Gasteiger charge is -2.18. The molecule has 0 unspecified atom stereocenters. The highest BCUT2D eigenvalue weighted by Gasteiger charge is 2.14. The van der Waals surface area contributed by atoms with E-state index >= 15 is 0 Å². The van der Waals surface area contributed by atoms with Crippen molar-refractivity contribution in [2.45, 2.75) is 13.5 Å². The van der Waals surface area contributed by atoms with Crippen molar-refractivity contribution in [3.63, 3.8) is 0 Å². The molecular formula is C16H15ClFNO. The summed E-state index contributed by atoms with van der Waals surface area (Å²) >= 11 is 6.07. The normalized spacial score (nSPS) is 10.4. The van der Waals surface area contributed by atoms with Gasteiger partial charge in [0.1, 0.15) is 5.82 Å². The van der Waals surface area contributed by atoms with Crippen molar-refractivity contribution in [2.24, 2.45) is 0 Å². The van der Waals surface area contributed by atoms with Crippen LogP contribution < -0.4 is 0 Å². The summed E-state index contributed by atoms with van der Waals surface area (Å²) in [5, 5.41) is 0.613. The minimum absolute atomic E-state index is 0.233. The first kappa shape index (κ1) is 14.5. The maximum absolute atomic E-state index is 13.5. The third kappa shape index (κ3) is 3.17. The molecule has 0 bridgehead atoms. The molecule has 0 saturated heterocycles. The van der Waals surface area contributed by atoms with Gasteiger partial charge in [0.2, 0.25) is 0 Å². The fourth-order valence-corrected chi connectivity index (χ4v) is 2.10. The second-order valence-electron chi connectivity index (χ2n) is 4.72. The molecule has 2 aromatic rings. The minimum Gasteiger partial charge on any atom is -0.337 e. The summed E-state index contributed by atoms with van der Waals surface area (Å²) < 4.78 is 13.5. The van der Waals surface area contributed by atoms with Crippen molar-refractivity contribution in [2.75, 3.05) is 7.05 Å². The number of hydrogen-bond acceptors (Lipinski definition) is 1.